The monoisotopic (exact) mass is 295 g/mol. The number of amides is 1. The SMILES string of the molecule is O=C(c1ccc2nc[nH]c2c1)N1CCCC(c2ccn[nH]2)C1. The molecular weight excluding hydrogens is 278 g/mol. The quantitative estimate of drug-likeness (QED) is 0.761. The van der Waals surface area contributed by atoms with Gasteiger partial charge in [-0.2, -0.15) is 5.10 Å². The van der Waals surface area contributed by atoms with E-state index in [1.807, 2.05) is 29.2 Å². The second kappa shape index (κ2) is 5.29. The van der Waals surface area contributed by atoms with Crippen LogP contribution in [0.15, 0.2) is 36.8 Å². The number of carbonyl (C=O) groups excluding carboxylic acids is 1. The number of piperidine rings is 1. The van der Waals surface area contributed by atoms with Gasteiger partial charge in [-0.3, -0.25) is 9.89 Å². The number of H-pyrrole nitrogens is 2. The van der Waals surface area contributed by atoms with Crippen molar-refractivity contribution in [3.05, 3.63) is 48.0 Å². The summed E-state index contributed by atoms with van der Waals surface area (Å²) in [5.74, 6) is 0.428. The van der Waals surface area contributed by atoms with E-state index in [1.165, 1.54) is 0 Å². The summed E-state index contributed by atoms with van der Waals surface area (Å²) in [6.45, 7) is 1.55. The Balaban J connectivity index is 1.56. The minimum atomic E-state index is 0.0840. The van der Waals surface area contributed by atoms with Crippen LogP contribution in [-0.4, -0.2) is 44.1 Å². The maximum Gasteiger partial charge on any atom is 0.253 e. The van der Waals surface area contributed by atoms with Gasteiger partial charge in [0, 0.05) is 36.5 Å². The fraction of sp³-hybridized carbons (Fsp3) is 0.312. The first-order valence-electron chi connectivity index (χ1n) is 7.53. The molecule has 2 N–H and O–H groups in total. The van der Waals surface area contributed by atoms with Crippen molar-refractivity contribution in [1.82, 2.24) is 25.1 Å². The van der Waals surface area contributed by atoms with Crippen molar-refractivity contribution < 1.29 is 4.79 Å². The van der Waals surface area contributed by atoms with Crippen LogP contribution in [0.5, 0.6) is 0 Å². The third-order valence-electron chi connectivity index (χ3n) is 4.34. The van der Waals surface area contributed by atoms with E-state index in [4.69, 9.17) is 0 Å². The number of hydrogen-bond acceptors (Lipinski definition) is 3. The van der Waals surface area contributed by atoms with E-state index < -0.39 is 0 Å². The van der Waals surface area contributed by atoms with Crippen molar-refractivity contribution in [2.75, 3.05) is 13.1 Å². The van der Waals surface area contributed by atoms with Crippen molar-refractivity contribution >= 4 is 16.9 Å². The summed E-state index contributed by atoms with van der Waals surface area (Å²) >= 11 is 0. The number of fused-ring (bicyclic) bond motifs is 1. The van der Waals surface area contributed by atoms with Crippen LogP contribution in [0.25, 0.3) is 11.0 Å². The molecule has 0 saturated carbocycles. The number of aromatic nitrogens is 4. The molecule has 1 fully saturated rings. The average molecular weight is 295 g/mol. The summed E-state index contributed by atoms with van der Waals surface area (Å²) in [6, 6.07) is 7.61. The van der Waals surface area contributed by atoms with E-state index in [0.29, 0.717) is 11.5 Å². The molecular formula is C16H17N5O. The second-order valence-electron chi connectivity index (χ2n) is 5.74. The largest absolute Gasteiger partial charge is 0.345 e. The maximum atomic E-state index is 12.7. The van der Waals surface area contributed by atoms with E-state index in [-0.39, 0.29) is 5.91 Å². The van der Waals surface area contributed by atoms with Gasteiger partial charge in [0.2, 0.25) is 0 Å². The van der Waals surface area contributed by atoms with Crippen molar-refractivity contribution in [1.29, 1.82) is 0 Å². The third kappa shape index (κ3) is 2.26. The number of aromatic amines is 2. The molecule has 4 rings (SSSR count). The molecule has 0 bridgehead atoms. The van der Waals surface area contributed by atoms with Gasteiger partial charge in [-0.1, -0.05) is 0 Å². The normalized spacial score (nSPS) is 18.7. The lowest BCUT2D eigenvalue weighted by Gasteiger charge is -2.32. The average Bonchev–Trinajstić information content (AvgIpc) is 3.25. The molecule has 0 aliphatic carbocycles. The van der Waals surface area contributed by atoms with Gasteiger partial charge >= 0.3 is 0 Å². The summed E-state index contributed by atoms with van der Waals surface area (Å²) in [5, 5.41) is 7.04. The molecule has 3 aromatic rings. The molecule has 1 unspecified atom stereocenters. The van der Waals surface area contributed by atoms with Crippen LogP contribution in [0.2, 0.25) is 0 Å². The number of nitrogens with zero attached hydrogens (tertiary/aromatic N) is 3. The van der Waals surface area contributed by atoms with Crippen molar-refractivity contribution in [2.45, 2.75) is 18.8 Å². The predicted molar refractivity (Wildman–Crippen MR) is 82.6 cm³/mol. The standard InChI is InChI=1S/C16H17N5O/c22-16(11-3-4-14-15(8-11)18-10-17-14)21-7-1-2-12(9-21)13-5-6-19-20-13/h3-6,8,10,12H,1-2,7,9H2,(H,17,18)(H,19,20). The molecule has 0 radical (unpaired) electrons. The van der Waals surface area contributed by atoms with Crippen molar-refractivity contribution in [3.8, 4) is 0 Å². The Morgan fingerprint density at radius 2 is 2.27 bits per heavy atom. The summed E-state index contributed by atoms with van der Waals surface area (Å²) in [5.41, 5.74) is 3.60. The molecule has 1 amide bonds. The maximum absolute atomic E-state index is 12.7. The lowest BCUT2D eigenvalue weighted by atomic mass is 9.94. The number of nitrogens with one attached hydrogen (secondary N) is 2. The van der Waals surface area contributed by atoms with Crippen LogP contribution < -0.4 is 0 Å². The number of benzene rings is 1. The fourth-order valence-electron chi connectivity index (χ4n) is 3.16. The molecule has 1 atom stereocenters. The highest BCUT2D eigenvalue weighted by atomic mass is 16.2. The topological polar surface area (TPSA) is 77.7 Å². The molecule has 1 aliphatic rings. The number of likely N-dealkylation sites (tertiary alicyclic amines) is 1. The Morgan fingerprint density at radius 3 is 3.14 bits per heavy atom. The molecule has 0 spiro atoms. The van der Waals surface area contributed by atoms with Gasteiger partial charge in [0.15, 0.2) is 0 Å². The fourth-order valence-corrected chi connectivity index (χ4v) is 3.16. The second-order valence-corrected chi connectivity index (χ2v) is 5.74. The van der Waals surface area contributed by atoms with E-state index in [9.17, 15) is 4.79 Å². The van der Waals surface area contributed by atoms with Crippen LogP contribution in [0.3, 0.4) is 0 Å². The van der Waals surface area contributed by atoms with Gasteiger partial charge < -0.3 is 9.88 Å². The number of rotatable bonds is 2. The minimum absolute atomic E-state index is 0.0840. The van der Waals surface area contributed by atoms with Gasteiger partial charge in [-0.05, 0) is 37.1 Å². The summed E-state index contributed by atoms with van der Waals surface area (Å²) in [4.78, 5) is 21.9. The summed E-state index contributed by atoms with van der Waals surface area (Å²) < 4.78 is 0. The number of hydrogen-bond donors (Lipinski definition) is 2. The third-order valence-corrected chi connectivity index (χ3v) is 4.34. The molecule has 1 aliphatic heterocycles. The van der Waals surface area contributed by atoms with Crippen molar-refractivity contribution in [3.63, 3.8) is 0 Å². The molecule has 2 aromatic heterocycles. The summed E-state index contributed by atoms with van der Waals surface area (Å²) in [6.07, 6.45) is 5.52. The minimum Gasteiger partial charge on any atom is -0.345 e. The molecule has 3 heterocycles. The summed E-state index contributed by atoms with van der Waals surface area (Å²) in [7, 11) is 0. The first-order valence-corrected chi connectivity index (χ1v) is 7.53. The highest BCUT2D eigenvalue weighted by molar-refractivity contribution is 5.97. The van der Waals surface area contributed by atoms with Crippen LogP contribution in [-0.2, 0) is 0 Å². The highest BCUT2D eigenvalue weighted by Crippen LogP contribution is 2.26. The van der Waals surface area contributed by atoms with Gasteiger partial charge in [-0.15, -0.1) is 0 Å². The molecule has 6 heteroatoms. The Kier molecular flexibility index (Phi) is 3.14. The molecule has 112 valence electrons. The molecule has 1 saturated heterocycles. The van der Waals surface area contributed by atoms with Crippen LogP contribution in [0, 0.1) is 0 Å². The first kappa shape index (κ1) is 13.1. The first-order chi connectivity index (χ1) is 10.8. The van der Waals surface area contributed by atoms with E-state index in [1.54, 1.807) is 12.5 Å². The van der Waals surface area contributed by atoms with Crippen LogP contribution in [0.4, 0.5) is 0 Å². The predicted octanol–water partition coefficient (Wildman–Crippen LogP) is 2.31. The lowest BCUT2D eigenvalue weighted by molar-refractivity contribution is 0.0706. The molecule has 22 heavy (non-hydrogen) atoms. The van der Waals surface area contributed by atoms with Crippen LogP contribution >= 0.6 is 0 Å². The molecule has 1 aromatic carbocycles. The number of imidazole rings is 1. The Hall–Kier alpha value is -2.63. The smallest absolute Gasteiger partial charge is 0.253 e. The lowest BCUT2D eigenvalue weighted by Crippen LogP contribution is -2.39. The zero-order chi connectivity index (χ0) is 14.9. The Morgan fingerprint density at radius 1 is 1.32 bits per heavy atom. The number of carbonyl (C=O) groups is 1. The van der Waals surface area contributed by atoms with Crippen molar-refractivity contribution in [2.24, 2.45) is 0 Å². The highest BCUT2D eigenvalue weighted by Gasteiger charge is 2.26. The van der Waals surface area contributed by atoms with Gasteiger partial charge in [0.05, 0.1) is 17.4 Å². The van der Waals surface area contributed by atoms with Gasteiger partial charge in [-0.25, -0.2) is 4.98 Å². The van der Waals surface area contributed by atoms with E-state index in [2.05, 4.69) is 20.2 Å². The Labute approximate surface area is 127 Å². The van der Waals surface area contributed by atoms with Gasteiger partial charge in [0.1, 0.15) is 0 Å². The van der Waals surface area contributed by atoms with Gasteiger partial charge in [0.25, 0.3) is 5.91 Å². The Bertz CT molecular complexity index is 792. The van der Waals surface area contributed by atoms with E-state index in [0.717, 1.165) is 42.7 Å². The van der Waals surface area contributed by atoms with E-state index >= 15 is 0 Å². The van der Waals surface area contributed by atoms with Crippen LogP contribution in [0.1, 0.15) is 34.8 Å². The zero-order valence-electron chi connectivity index (χ0n) is 12.1. The zero-order valence-corrected chi connectivity index (χ0v) is 12.1. The molecule has 6 nitrogen and oxygen atoms in total.